The van der Waals surface area contributed by atoms with Gasteiger partial charge in [-0.3, -0.25) is 9.59 Å². The molecule has 5 aliphatic rings. The zero-order chi connectivity index (χ0) is 19.2. The van der Waals surface area contributed by atoms with Crippen LogP contribution in [-0.4, -0.2) is 31.2 Å². The fourth-order valence-corrected chi connectivity index (χ4v) is 6.63. The summed E-state index contributed by atoms with van der Waals surface area (Å²) >= 11 is 0. The molecule has 5 aliphatic carbocycles. The summed E-state index contributed by atoms with van der Waals surface area (Å²) in [6.07, 6.45) is 4.28. The fraction of sp³-hybridized carbons (Fsp3) is 0.900. The van der Waals surface area contributed by atoms with Gasteiger partial charge in [0.05, 0.1) is 11.8 Å². The van der Waals surface area contributed by atoms with Gasteiger partial charge in [-0.25, -0.2) is 0 Å². The zero-order valence-corrected chi connectivity index (χ0v) is 15.5. The molecular weight excluding hydrogens is 359 g/mol. The summed E-state index contributed by atoms with van der Waals surface area (Å²) in [6.45, 7) is -0.974. The smallest absolute Gasteiger partial charge is 0.422 e. The van der Waals surface area contributed by atoms with Gasteiger partial charge in [0.1, 0.15) is 0 Å². The summed E-state index contributed by atoms with van der Waals surface area (Å²) in [5.74, 6) is 0.221. The molecule has 0 aromatic carbocycles. The average molecular weight is 387 g/mol. The number of hydrogen-bond acceptors (Lipinski definition) is 3. The predicted molar refractivity (Wildman–Crippen MR) is 91.5 cm³/mol. The van der Waals surface area contributed by atoms with Gasteiger partial charge in [-0.05, 0) is 68.1 Å². The van der Waals surface area contributed by atoms with Gasteiger partial charge in [0.15, 0.2) is 6.61 Å². The first kappa shape index (κ1) is 19.1. The minimum Gasteiger partial charge on any atom is -0.456 e. The average Bonchev–Trinajstić information content (AvgIpc) is 3.33. The van der Waals surface area contributed by atoms with Crippen LogP contribution in [0.5, 0.6) is 0 Å². The van der Waals surface area contributed by atoms with Crippen LogP contribution in [0.2, 0.25) is 0 Å². The van der Waals surface area contributed by atoms with Gasteiger partial charge in [-0.15, -0.1) is 0 Å². The molecule has 5 saturated carbocycles. The number of esters is 1. The lowest BCUT2D eigenvalue weighted by Gasteiger charge is -2.31. The van der Waals surface area contributed by atoms with Crippen molar-refractivity contribution in [3.05, 3.63) is 0 Å². The number of rotatable bonds is 6. The number of nitrogens with one attached hydrogen (secondary N) is 1. The Kier molecular flexibility index (Phi) is 4.91. The minimum absolute atomic E-state index is 0.194. The monoisotopic (exact) mass is 387 g/mol. The molecule has 152 valence electrons. The lowest BCUT2D eigenvalue weighted by atomic mass is 9.77. The van der Waals surface area contributed by atoms with E-state index >= 15 is 0 Å². The van der Waals surface area contributed by atoms with Gasteiger partial charge in [-0.1, -0.05) is 12.8 Å². The molecule has 0 spiro atoms. The van der Waals surface area contributed by atoms with E-state index in [4.69, 9.17) is 0 Å². The summed E-state index contributed by atoms with van der Waals surface area (Å²) in [4.78, 5) is 24.7. The van der Waals surface area contributed by atoms with Crippen LogP contribution in [0.1, 0.15) is 57.8 Å². The largest absolute Gasteiger partial charge is 0.456 e. The van der Waals surface area contributed by atoms with Crippen molar-refractivity contribution in [2.45, 2.75) is 64.0 Å². The molecule has 4 bridgehead atoms. The third kappa shape index (κ3) is 3.70. The molecule has 0 aliphatic heterocycles. The molecule has 0 saturated heterocycles. The van der Waals surface area contributed by atoms with Crippen LogP contribution in [0.4, 0.5) is 13.2 Å². The van der Waals surface area contributed by atoms with Gasteiger partial charge in [-0.2, -0.15) is 13.2 Å². The highest BCUT2D eigenvalue weighted by Crippen LogP contribution is 2.71. The van der Waals surface area contributed by atoms with E-state index in [0.717, 1.165) is 37.0 Å². The van der Waals surface area contributed by atoms with E-state index in [-0.39, 0.29) is 5.91 Å². The molecule has 0 aromatic heterocycles. The first-order valence-corrected chi connectivity index (χ1v) is 10.3. The Balaban J connectivity index is 1.28. The Hall–Kier alpha value is -1.27. The fourth-order valence-electron chi connectivity index (χ4n) is 6.63. The van der Waals surface area contributed by atoms with E-state index in [1.807, 2.05) is 0 Å². The maximum Gasteiger partial charge on any atom is 0.422 e. The second-order valence-electron chi connectivity index (χ2n) is 9.22. The van der Waals surface area contributed by atoms with Gasteiger partial charge >= 0.3 is 12.1 Å². The van der Waals surface area contributed by atoms with E-state index in [0.29, 0.717) is 24.8 Å². The van der Waals surface area contributed by atoms with Crippen LogP contribution < -0.4 is 5.32 Å². The third-order valence-electron chi connectivity index (χ3n) is 7.75. The van der Waals surface area contributed by atoms with Gasteiger partial charge in [0.2, 0.25) is 5.91 Å². The quantitative estimate of drug-likeness (QED) is 0.705. The van der Waals surface area contributed by atoms with E-state index in [2.05, 4.69) is 10.1 Å². The van der Waals surface area contributed by atoms with Gasteiger partial charge < -0.3 is 10.1 Å². The number of ether oxygens (including phenoxy) is 1. The molecule has 1 N–H and O–H groups in total. The Morgan fingerprint density at radius 2 is 1.67 bits per heavy atom. The van der Waals surface area contributed by atoms with Crippen molar-refractivity contribution >= 4 is 11.9 Å². The Labute approximate surface area is 157 Å². The Morgan fingerprint density at radius 3 is 2.22 bits per heavy atom. The van der Waals surface area contributed by atoms with E-state index in [1.165, 1.54) is 25.7 Å². The molecule has 4 nitrogen and oxygen atoms in total. The molecule has 5 fully saturated rings. The number of halogens is 3. The van der Waals surface area contributed by atoms with Crippen LogP contribution in [0.25, 0.3) is 0 Å². The molecule has 27 heavy (non-hydrogen) atoms. The van der Waals surface area contributed by atoms with Gasteiger partial charge in [0, 0.05) is 6.54 Å². The van der Waals surface area contributed by atoms with Crippen molar-refractivity contribution in [1.29, 1.82) is 0 Å². The molecule has 1 amide bonds. The van der Waals surface area contributed by atoms with E-state index < -0.39 is 30.6 Å². The number of carbonyl (C=O) groups is 2. The third-order valence-corrected chi connectivity index (χ3v) is 7.75. The van der Waals surface area contributed by atoms with E-state index in [1.54, 1.807) is 0 Å². The summed E-state index contributed by atoms with van der Waals surface area (Å²) < 4.78 is 41.3. The second kappa shape index (κ2) is 6.96. The van der Waals surface area contributed by atoms with Crippen LogP contribution in [0.15, 0.2) is 0 Å². The maximum absolute atomic E-state index is 12.6. The second-order valence-corrected chi connectivity index (χ2v) is 9.22. The highest BCUT2D eigenvalue weighted by atomic mass is 19.4. The summed E-state index contributed by atoms with van der Waals surface area (Å²) in [7, 11) is 0. The Bertz CT molecular complexity index is 592. The molecule has 0 radical (unpaired) electrons. The minimum atomic E-state index is -4.54. The van der Waals surface area contributed by atoms with Crippen molar-refractivity contribution < 1.29 is 27.5 Å². The van der Waals surface area contributed by atoms with Crippen molar-refractivity contribution in [2.75, 3.05) is 13.2 Å². The maximum atomic E-state index is 12.6. The first-order chi connectivity index (χ1) is 12.8. The number of amides is 1. The molecule has 0 aromatic rings. The lowest BCUT2D eigenvalue weighted by Crippen LogP contribution is -2.42. The summed E-state index contributed by atoms with van der Waals surface area (Å²) in [5.41, 5.74) is 0.417. The van der Waals surface area contributed by atoms with Crippen molar-refractivity contribution in [1.82, 2.24) is 5.32 Å². The lowest BCUT2D eigenvalue weighted by molar-refractivity contribution is -0.191. The first-order valence-electron chi connectivity index (χ1n) is 10.3. The molecule has 4 unspecified atom stereocenters. The van der Waals surface area contributed by atoms with E-state index in [9.17, 15) is 22.8 Å². The van der Waals surface area contributed by atoms with Crippen LogP contribution in [0, 0.1) is 35.0 Å². The highest BCUT2D eigenvalue weighted by molar-refractivity contribution is 5.85. The zero-order valence-electron chi connectivity index (χ0n) is 15.5. The molecule has 4 atom stereocenters. The molecule has 7 heteroatoms. The SMILES string of the molecule is O=C(NCCC12CC3CC1CC3C2)C1CCCCC1C(=O)OCC(F)(F)F. The number of carbonyl (C=O) groups excluding carboxylic acids is 2. The number of hydrogen-bond donors (Lipinski definition) is 1. The highest BCUT2D eigenvalue weighted by Gasteiger charge is 2.62. The van der Waals surface area contributed by atoms with Crippen molar-refractivity contribution in [3.63, 3.8) is 0 Å². The predicted octanol–water partition coefficient (Wildman–Crippen LogP) is 3.84. The van der Waals surface area contributed by atoms with Crippen LogP contribution >= 0.6 is 0 Å². The number of alkyl halides is 3. The summed E-state index contributed by atoms with van der Waals surface area (Å²) in [6, 6.07) is 0. The molecule has 0 heterocycles. The molecular formula is C20H28F3NO3. The van der Waals surface area contributed by atoms with Gasteiger partial charge in [0.25, 0.3) is 0 Å². The Morgan fingerprint density at radius 1 is 1.04 bits per heavy atom. The van der Waals surface area contributed by atoms with Crippen molar-refractivity contribution in [2.24, 2.45) is 35.0 Å². The van der Waals surface area contributed by atoms with Crippen LogP contribution in [-0.2, 0) is 14.3 Å². The normalized spacial score (nSPS) is 39.7. The van der Waals surface area contributed by atoms with Crippen molar-refractivity contribution in [3.8, 4) is 0 Å². The standard InChI is InChI=1S/C20H28F3NO3/c21-20(22,23)11-27-18(26)16-4-2-1-3-15(16)17(25)24-6-5-19-9-12-7-14(19)8-13(12)10-19/h12-16H,1-11H2,(H,24,25). The van der Waals surface area contributed by atoms with Crippen LogP contribution in [0.3, 0.4) is 0 Å². The topological polar surface area (TPSA) is 55.4 Å². The molecule has 5 rings (SSSR count). The summed E-state index contributed by atoms with van der Waals surface area (Å²) in [5, 5.41) is 2.98.